The van der Waals surface area contributed by atoms with Crippen molar-refractivity contribution in [3.05, 3.63) is 22.4 Å². The van der Waals surface area contributed by atoms with Gasteiger partial charge in [0, 0.05) is 43.8 Å². The van der Waals surface area contributed by atoms with Gasteiger partial charge < -0.3 is 14.5 Å². The third-order valence-corrected chi connectivity index (χ3v) is 7.68. The highest BCUT2D eigenvalue weighted by Crippen LogP contribution is 2.46. The molecule has 1 unspecified atom stereocenters. The monoisotopic (exact) mass is 474 g/mol. The number of anilines is 1. The Balaban J connectivity index is 1.70. The predicted molar refractivity (Wildman–Crippen MR) is 126 cm³/mol. The van der Waals surface area contributed by atoms with Crippen molar-refractivity contribution in [1.29, 1.82) is 5.26 Å². The van der Waals surface area contributed by atoms with E-state index in [2.05, 4.69) is 24.8 Å². The highest BCUT2D eigenvalue weighted by molar-refractivity contribution is 7.91. The van der Waals surface area contributed by atoms with Gasteiger partial charge in [0.25, 0.3) is 0 Å². The molecule has 3 heterocycles. The Morgan fingerprint density at radius 2 is 1.97 bits per heavy atom. The Hall–Kier alpha value is -2.18. The lowest BCUT2D eigenvalue weighted by molar-refractivity contribution is -0.132. The third-order valence-electron chi connectivity index (χ3n) is 6.90. The summed E-state index contributed by atoms with van der Waals surface area (Å²) in [7, 11) is -3.40. The molecule has 2 aliphatic heterocycles. The SMILES string of the molecule is CC(C)C1CN(c2nc(C3CC3)c3c(c2C#N)CC(C)(C)OC3)CCN1C(=O)CS(C)(=O)=O. The third kappa shape index (κ3) is 5.02. The highest BCUT2D eigenvalue weighted by Gasteiger charge is 2.39. The standard InChI is InChI=1S/C24H34N4O4S/c1-15(2)20-12-27(8-9-28(20)21(29)14-33(5,30)31)23-18(11-25)17-10-24(3,4)32-13-19(17)22(26-23)16-6-7-16/h15-16,20H,6-10,12-14H2,1-5H3. The number of hydrogen-bond acceptors (Lipinski definition) is 7. The van der Waals surface area contributed by atoms with Crippen molar-refractivity contribution in [2.24, 2.45) is 5.92 Å². The largest absolute Gasteiger partial charge is 0.370 e. The van der Waals surface area contributed by atoms with Crippen molar-refractivity contribution < 1.29 is 17.9 Å². The van der Waals surface area contributed by atoms with Gasteiger partial charge in [-0.3, -0.25) is 4.79 Å². The first-order valence-corrected chi connectivity index (χ1v) is 13.8. The lowest BCUT2D eigenvalue weighted by Crippen LogP contribution is -2.58. The highest BCUT2D eigenvalue weighted by atomic mass is 32.2. The van der Waals surface area contributed by atoms with Crippen molar-refractivity contribution in [3.8, 4) is 6.07 Å². The molecule has 1 amide bonds. The summed E-state index contributed by atoms with van der Waals surface area (Å²) in [5, 5.41) is 10.2. The van der Waals surface area contributed by atoms with Crippen LogP contribution in [0.15, 0.2) is 0 Å². The Morgan fingerprint density at radius 3 is 2.55 bits per heavy atom. The smallest absolute Gasteiger partial charge is 0.238 e. The van der Waals surface area contributed by atoms with Crippen LogP contribution in [0.25, 0.3) is 0 Å². The number of amides is 1. The van der Waals surface area contributed by atoms with Gasteiger partial charge in [-0.25, -0.2) is 13.4 Å². The fraction of sp³-hybridized carbons (Fsp3) is 0.708. The van der Waals surface area contributed by atoms with E-state index in [-0.39, 0.29) is 23.5 Å². The Morgan fingerprint density at radius 1 is 1.27 bits per heavy atom. The number of rotatable bonds is 5. The van der Waals surface area contributed by atoms with Crippen LogP contribution in [0.1, 0.15) is 68.8 Å². The zero-order chi connectivity index (χ0) is 24.1. The minimum Gasteiger partial charge on any atom is -0.370 e. The number of ether oxygens (including phenoxy) is 1. The molecule has 0 N–H and O–H groups in total. The predicted octanol–water partition coefficient (Wildman–Crippen LogP) is 2.40. The number of fused-ring (bicyclic) bond motifs is 1. The topological polar surface area (TPSA) is 104 Å². The van der Waals surface area contributed by atoms with Crippen LogP contribution in [0.5, 0.6) is 0 Å². The zero-order valence-electron chi connectivity index (χ0n) is 20.2. The quantitative estimate of drug-likeness (QED) is 0.645. The van der Waals surface area contributed by atoms with Crippen LogP contribution in [-0.4, -0.2) is 67.5 Å². The van der Waals surface area contributed by atoms with Gasteiger partial charge in [-0.05, 0) is 38.2 Å². The summed E-state index contributed by atoms with van der Waals surface area (Å²) in [6.07, 6.45) is 3.97. The Bertz CT molecular complexity index is 1100. The first-order chi connectivity index (χ1) is 15.4. The normalized spacial score (nSPS) is 22.8. The maximum Gasteiger partial charge on any atom is 0.238 e. The van der Waals surface area contributed by atoms with Gasteiger partial charge in [0.1, 0.15) is 17.6 Å². The molecule has 1 aliphatic carbocycles. The van der Waals surface area contributed by atoms with Crippen molar-refractivity contribution >= 4 is 21.6 Å². The first-order valence-electron chi connectivity index (χ1n) is 11.7. The number of nitrogens with zero attached hydrogens (tertiary/aromatic N) is 4. The fourth-order valence-electron chi connectivity index (χ4n) is 5.01. The van der Waals surface area contributed by atoms with Crippen LogP contribution < -0.4 is 4.90 Å². The molecule has 1 atom stereocenters. The van der Waals surface area contributed by atoms with Crippen LogP contribution in [0.4, 0.5) is 5.82 Å². The number of hydrogen-bond donors (Lipinski definition) is 0. The summed E-state index contributed by atoms with van der Waals surface area (Å²) in [4.78, 5) is 21.6. The van der Waals surface area contributed by atoms with Gasteiger partial charge >= 0.3 is 0 Å². The van der Waals surface area contributed by atoms with E-state index in [0.717, 1.165) is 35.9 Å². The molecule has 0 aromatic carbocycles. The average Bonchev–Trinajstić information content (AvgIpc) is 3.55. The molecule has 4 rings (SSSR count). The second-order valence-corrected chi connectivity index (χ2v) is 12.8. The Labute approximate surface area is 196 Å². The molecule has 9 heteroatoms. The van der Waals surface area contributed by atoms with Crippen molar-refractivity contribution in [3.63, 3.8) is 0 Å². The molecular weight excluding hydrogens is 440 g/mol. The second kappa shape index (κ2) is 8.55. The van der Waals surface area contributed by atoms with E-state index >= 15 is 0 Å². The van der Waals surface area contributed by atoms with Crippen LogP contribution in [0.2, 0.25) is 0 Å². The number of aromatic nitrogens is 1. The molecule has 3 aliphatic rings. The fourth-order valence-corrected chi connectivity index (χ4v) is 5.62. The van der Waals surface area contributed by atoms with Crippen LogP contribution >= 0.6 is 0 Å². The summed E-state index contributed by atoms with van der Waals surface area (Å²) in [6.45, 7) is 10.1. The molecule has 180 valence electrons. The maximum atomic E-state index is 12.8. The molecule has 2 fully saturated rings. The molecule has 0 radical (unpaired) electrons. The lowest BCUT2D eigenvalue weighted by Gasteiger charge is -2.44. The van der Waals surface area contributed by atoms with Gasteiger partial charge in [0.05, 0.1) is 29.5 Å². The molecule has 33 heavy (non-hydrogen) atoms. The van der Waals surface area contributed by atoms with E-state index in [1.54, 1.807) is 4.90 Å². The molecule has 0 bridgehead atoms. The van der Waals surface area contributed by atoms with Gasteiger partial charge in [-0.15, -0.1) is 0 Å². The average molecular weight is 475 g/mol. The van der Waals surface area contributed by atoms with E-state index in [9.17, 15) is 18.5 Å². The first kappa shape index (κ1) is 24.0. The van der Waals surface area contributed by atoms with E-state index in [1.807, 2.05) is 13.8 Å². The molecule has 1 saturated carbocycles. The molecule has 1 saturated heterocycles. The molecule has 1 aromatic heterocycles. The van der Waals surface area contributed by atoms with Crippen LogP contribution in [0, 0.1) is 17.2 Å². The summed E-state index contributed by atoms with van der Waals surface area (Å²) in [5.41, 5.74) is 3.47. The summed E-state index contributed by atoms with van der Waals surface area (Å²) in [6, 6.07) is 2.28. The molecule has 1 aromatic rings. The van der Waals surface area contributed by atoms with Gasteiger partial charge in [-0.1, -0.05) is 13.8 Å². The number of pyridine rings is 1. The number of carbonyl (C=O) groups excluding carboxylic acids is 1. The second-order valence-electron chi connectivity index (χ2n) is 10.7. The number of piperazine rings is 1. The Kier molecular flexibility index (Phi) is 6.21. The van der Waals surface area contributed by atoms with Crippen molar-refractivity contribution in [1.82, 2.24) is 9.88 Å². The van der Waals surface area contributed by atoms with Crippen LogP contribution in [-0.2, 0) is 32.4 Å². The number of sulfone groups is 1. The van der Waals surface area contributed by atoms with Gasteiger partial charge in [-0.2, -0.15) is 5.26 Å². The van der Waals surface area contributed by atoms with E-state index < -0.39 is 15.6 Å². The molecule has 8 nitrogen and oxygen atoms in total. The summed E-state index contributed by atoms with van der Waals surface area (Å²) < 4.78 is 29.5. The van der Waals surface area contributed by atoms with Gasteiger partial charge in [0.15, 0.2) is 9.84 Å². The van der Waals surface area contributed by atoms with E-state index in [0.29, 0.717) is 50.0 Å². The minimum absolute atomic E-state index is 0.134. The molecule has 0 spiro atoms. The van der Waals surface area contributed by atoms with Crippen molar-refractivity contribution in [2.75, 3.05) is 36.5 Å². The lowest BCUT2D eigenvalue weighted by atomic mass is 9.87. The summed E-state index contributed by atoms with van der Waals surface area (Å²) in [5.74, 6) is 0.435. The van der Waals surface area contributed by atoms with Crippen LogP contribution in [0.3, 0.4) is 0 Å². The zero-order valence-corrected chi connectivity index (χ0v) is 21.0. The van der Waals surface area contributed by atoms with E-state index in [4.69, 9.17) is 9.72 Å². The van der Waals surface area contributed by atoms with Gasteiger partial charge in [0.2, 0.25) is 5.91 Å². The molecular formula is C24H34N4O4S. The summed E-state index contributed by atoms with van der Waals surface area (Å²) >= 11 is 0. The van der Waals surface area contributed by atoms with E-state index in [1.165, 1.54) is 0 Å². The number of nitriles is 1. The maximum absolute atomic E-state index is 12.8. The number of carbonyl (C=O) groups is 1. The minimum atomic E-state index is -3.40. The van der Waals surface area contributed by atoms with Crippen molar-refractivity contribution in [2.45, 2.75) is 71.1 Å².